The summed E-state index contributed by atoms with van der Waals surface area (Å²) in [6, 6.07) is 16.4. The van der Waals surface area contributed by atoms with Gasteiger partial charge in [-0.2, -0.15) is 0 Å². The van der Waals surface area contributed by atoms with Crippen molar-refractivity contribution in [3.8, 4) is 11.3 Å². The average Bonchev–Trinajstić information content (AvgIpc) is 3.51. The summed E-state index contributed by atoms with van der Waals surface area (Å²) in [5.74, 6) is 0.758. The van der Waals surface area contributed by atoms with Crippen LogP contribution in [0.3, 0.4) is 0 Å². The number of nitrogens with zero attached hydrogens (tertiary/aromatic N) is 4. The van der Waals surface area contributed by atoms with E-state index in [1.165, 1.54) is 11.1 Å². The fourth-order valence-electron chi connectivity index (χ4n) is 3.73. The van der Waals surface area contributed by atoms with Crippen LogP contribution >= 0.6 is 0 Å². The Kier molecular flexibility index (Phi) is 5.94. The second kappa shape index (κ2) is 9.35. The number of aromatic nitrogens is 4. The van der Waals surface area contributed by atoms with E-state index < -0.39 is 5.97 Å². The highest BCUT2D eigenvalue weighted by Gasteiger charge is 2.15. The molecule has 0 aliphatic carbocycles. The van der Waals surface area contributed by atoms with Gasteiger partial charge in [0.25, 0.3) is 0 Å². The highest BCUT2D eigenvalue weighted by atomic mass is 16.6. The number of rotatable bonds is 8. The monoisotopic (exact) mass is 470 g/mol. The zero-order valence-electron chi connectivity index (χ0n) is 19.1. The molecule has 5 aromatic rings. The number of hydrogen-bond donors (Lipinski definition) is 3. The number of hydrazine groups is 1. The molecule has 2 aromatic carbocycles. The van der Waals surface area contributed by atoms with Gasteiger partial charge in [0.1, 0.15) is 11.5 Å². The number of carboxylic acid groups (broad SMARTS) is 1. The Morgan fingerprint density at radius 2 is 1.80 bits per heavy atom. The quantitative estimate of drug-likeness (QED) is 0.281. The van der Waals surface area contributed by atoms with E-state index in [0.717, 1.165) is 5.56 Å². The van der Waals surface area contributed by atoms with Crippen LogP contribution in [0.15, 0.2) is 63.6 Å². The minimum atomic E-state index is -0.985. The molecule has 3 aromatic heterocycles. The normalized spacial score (nSPS) is 11.1. The van der Waals surface area contributed by atoms with Gasteiger partial charge in [0.2, 0.25) is 11.3 Å². The lowest BCUT2D eigenvalue weighted by Crippen LogP contribution is -2.23. The number of carboxylic acids is 1. The van der Waals surface area contributed by atoms with Crippen molar-refractivity contribution >= 4 is 23.1 Å². The van der Waals surface area contributed by atoms with Crippen molar-refractivity contribution in [1.82, 2.24) is 25.7 Å². The Morgan fingerprint density at radius 3 is 2.63 bits per heavy atom. The predicted molar refractivity (Wildman–Crippen MR) is 128 cm³/mol. The minimum Gasteiger partial charge on any atom is -0.478 e. The molecule has 10 nitrogen and oxygen atoms in total. The largest absolute Gasteiger partial charge is 0.478 e. The first-order valence-electron chi connectivity index (χ1n) is 10.9. The van der Waals surface area contributed by atoms with Crippen LogP contribution in [0.4, 0.5) is 5.82 Å². The molecular formula is C25H22N6O4. The van der Waals surface area contributed by atoms with Crippen LogP contribution in [-0.4, -0.2) is 31.4 Å². The second-order valence-corrected chi connectivity index (χ2v) is 8.10. The minimum absolute atomic E-state index is 0.202. The molecule has 0 saturated heterocycles. The second-order valence-electron chi connectivity index (χ2n) is 8.10. The number of anilines is 1. The summed E-state index contributed by atoms with van der Waals surface area (Å²) in [6.07, 6.45) is 0.554. The fourth-order valence-corrected chi connectivity index (χ4v) is 3.73. The summed E-state index contributed by atoms with van der Waals surface area (Å²) in [5, 5.41) is 16.8. The predicted octanol–water partition coefficient (Wildman–Crippen LogP) is 4.30. The highest BCUT2D eigenvalue weighted by Crippen LogP contribution is 2.24. The number of furan rings is 1. The van der Waals surface area contributed by atoms with Crippen molar-refractivity contribution in [3.05, 3.63) is 88.3 Å². The van der Waals surface area contributed by atoms with Crippen LogP contribution in [-0.2, 0) is 13.0 Å². The first kappa shape index (κ1) is 22.2. The summed E-state index contributed by atoms with van der Waals surface area (Å²) >= 11 is 0. The topological polar surface area (TPSA) is 139 Å². The van der Waals surface area contributed by atoms with E-state index in [1.807, 2.05) is 12.1 Å². The molecule has 0 bridgehead atoms. The van der Waals surface area contributed by atoms with Crippen molar-refractivity contribution in [2.24, 2.45) is 0 Å². The van der Waals surface area contributed by atoms with Gasteiger partial charge >= 0.3 is 5.97 Å². The summed E-state index contributed by atoms with van der Waals surface area (Å²) in [7, 11) is 0. The van der Waals surface area contributed by atoms with Gasteiger partial charge in [0.15, 0.2) is 5.82 Å². The third-order valence-electron chi connectivity index (χ3n) is 5.79. The maximum atomic E-state index is 11.2. The van der Waals surface area contributed by atoms with Crippen LogP contribution in [0.2, 0.25) is 0 Å². The average molecular weight is 470 g/mol. The molecule has 0 fully saturated rings. The lowest BCUT2D eigenvalue weighted by Gasteiger charge is -2.12. The molecule has 35 heavy (non-hydrogen) atoms. The lowest BCUT2D eigenvalue weighted by atomic mass is 9.99. The molecule has 10 heteroatoms. The number of aryl methyl sites for hydroxylation is 1. The summed E-state index contributed by atoms with van der Waals surface area (Å²) in [6.45, 7) is 4.50. The summed E-state index contributed by atoms with van der Waals surface area (Å²) < 4.78 is 10.7. The maximum absolute atomic E-state index is 11.2. The summed E-state index contributed by atoms with van der Waals surface area (Å²) in [5.41, 5.74) is 12.0. The van der Waals surface area contributed by atoms with Gasteiger partial charge in [-0.1, -0.05) is 30.3 Å². The van der Waals surface area contributed by atoms with E-state index in [0.29, 0.717) is 52.9 Å². The first-order chi connectivity index (χ1) is 17.0. The molecule has 5 rings (SSSR count). The fraction of sp³-hybridized carbons (Fsp3) is 0.160. The molecule has 0 amide bonds. The highest BCUT2D eigenvalue weighted by molar-refractivity contribution is 5.89. The molecule has 0 aliphatic rings. The van der Waals surface area contributed by atoms with Gasteiger partial charge < -0.3 is 14.9 Å². The van der Waals surface area contributed by atoms with Gasteiger partial charge in [-0.15, -0.1) is 0 Å². The van der Waals surface area contributed by atoms with Gasteiger partial charge in [0.05, 0.1) is 17.8 Å². The zero-order chi connectivity index (χ0) is 24.4. The van der Waals surface area contributed by atoms with E-state index >= 15 is 0 Å². The molecule has 176 valence electrons. The molecular weight excluding hydrogens is 448 g/mol. The number of fused-ring (bicyclic) bond motifs is 1. The lowest BCUT2D eigenvalue weighted by molar-refractivity contribution is 0.0697. The standard InChI is InChI=1S/C25H22N6O4/c1-14-5-3-6-16(15(14)2)12-20-22(28-24-23(27-20)30-35-31-24)29-26-13-19-9-10-21(34-19)17-7-4-8-18(11-17)25(32)33/h3-11,26H,12-13H2,1-2H3,(H,32,33)(H,28,29,31). The number of benzene rings is 2. The third-order valence-corrected chi connectivity index (χ3v) is 5.79. The van der Waals surface area contributed by atoms with Crippen LogP contribution in [0.5, 0.6) is 0 Å². The Labute approximate surface area is 200 Å². The van der Waals surface area contributed by atoms with Crippen molar-refractivity contribution < 1.29 is 18.9 Å². The number of carbonyl (C=O) groups is 1. The molecule has 3 N–H and O–H groups in total. The van der Waals surface area contributed by atoms with Gasteiger partial charge in [-0.25, -0.2) is 24.8 Å². The molecule has 0 atom stereocenters. The third kappa shape index (κ3) is 4.73. The molecule has 0 unspecified atom stereocenters. The zero-order valence-corrected chi connectivity index (χ0v) is 19.1. The van der Waals surface area contributed by atoms with Crippen molar-refractivity contribution in [3.63, 3.8) is 0 Å². The maximum Gasteiger partial charge on any atom is 0.335 e. The van der Waals surface area contributed by atoms with Crippen molar-refractivity contribution in [2.75, 3.05) is 5.43 Å². The Balaban J connectivity index is 1.32. The van der Waals surface area contributed by atoms with E-state index in [2.05, 4.69) is 57.1 Å². The Hall–Kier alpha value is -4.57. The Bertz CT molecular complexity index is 1520. The van der Waals surface area contributed by atoms with Crippen LogP contribution in [0.1, 0.15) is 38.5 Å². The van der Waals surface area contributed by atoms with E-state index in [-0.39, 0.29) is 5.56 Å². The molecule has 0 saturated carbocycles. The number of nitrogens with one attached hydrogen (secondary N) is 2. The molecule has 0 radical (unpaired) electrons. The first-order valence-corrected chi connectivity index (χ1v) is 10.9. The van der Waals surface area contributed by atoms with Gasteiger partial charge in [-0.05, 0) is 65.1 Å². The molecule has 0 spiro atoms. The van der Waals surface area contributed by atoms with Crippen molar-refractivity contribution in [1.29, 1.82) is 0 Å². The molecule has 3 heterocycles. The SMILES string of the molecule is Cc1cccc(Cc2nc3nonc3nc2NNCc2ccc(-c3cccc(C(=O)O)c3)o2)c1C. The van der Waals surface area contributed by atoms with E-state index in [9.17, 15) is 9.90 Å². The number of aromatic carboxylic acids is 1. The molecule has 0 aliphatic heterocycles. The van der Waals surface area contributed by atoms with E-state index in [4.69, 9.17) is 9.05 Å². The van der Waals surface area contributed by atoms with E-state index in [1.54, 1.807) is 30.3 Å². The van der Waals surface area contributed by atoms with Crippen LogP contribution in [0, 0.1) is 13.8 Å². The van der Waals surface area contributed by atoms with Crippen molar-refractivity contribution in [2.45, 2.75) is 26.8 Å². The van der Waals surface area contributed by atoms with Gasteiger partial charge in [-0.3, -0.25) is 0 Å². The smallest absolute Gasteiger partial charge is 0.335 e. The van der Waals surface area contributed by atoms with Gasteiger partial charge in [0, 0.05) is 12.0 Å². The Morgan fingerprint density at radius 1 is 1.00 bits per heavy atom. The van der Waals surface area contributed by atoms with Crippen LogP contribution < -0.4 is 10.9 Å². The number of hydrogen-bond acceptors (Lipinski definition) is 9. The van der Waals surface area contributed by atoms with Crippen LogP contribution in [0.25, 0.3) is 22.6 Å². The summed E-state index contributed by atoms with van der Waals surface area (Å²) in [4.78, 5) is 20.3.